The highest BCUT2D eigenvalue weighted by molar-refractivity contribution is 5.42. The molecule has 4 heteroatoms. The molecule has 82 valence electrons. The van der Waals surface area contributed by atoms with Gasteiger partial charge in [-0.3, -0.25) is 0 Å². The number of nitrogens with zero attached hydrogens (tertiary/aromatic N) is 1. The number of hydrogen-bond acceptors (Lipinski definition) is 4. The molecule has 0 radical (unpaired) electrons. The van der Waals surface area contributed by atoms with Crippen LogP contribution in [0.2, 0.25) is 0 Å². The summed E-state index contributed by atoms with van der Waals surface area (Å²) in [6, 6.07) is 2.03. The summed E-state index contributed by atoms with van der Waals surface area (Å²) >= 11 is 0. The minimum Gasteiger partial charge on any atom is -0.387 e. The molecular weight excluding hydrogens is 190 g/mol. The fourth-order valence-corrected chi connectivity index (χ4v) is 2.04. The van der Waals surface area contributed by atoms with Crippen molar-refractivity contribution in [3.63, 3.8) is 0 Å². The lowest BCUT2D eigenvalue weighted by atomic mass is 10.0. The fourth-order valence-electron chi connectivity index (χ4n) is 2.04. The van der Waals surface area contributed by atoms with Crippen LogP contribution in [0, 0.1) is 6.92 Å². The van der Waals surface area contributed by atoms with Crippen LogP contribution in [0.3, 0.4) is 0 Å². The molecule has 0 saturated carbocycles. The molecule has 2 heterocycles. The Morgan fingerprint density at radius 3 is 3.13 bits per heavy atom. The van der Waals surface area contributed by atoms with E-state index in [1.807, 2.05) is 13.0 Å². The summed E-state index contributed by atoms with van der Waals surface area (Å²) in [4.78, 5) is 4.06. The van der Waals surface area contributed by atoms with E-state index in [0.717, 1.165) is 30.5 Å². The zero-order valence-electron chi connectivity index (χ0n) is 8.90. The Balaban J connectivity index is 2.23. The third-order valence-corrected chi connectivity index (χ3v) is 2.88. The molecular formula is C11H17N3O. The maximum atomic E-state index is 10.1. The molecule has 0 aliphatic carbocycles. The number of nitrogens with two attached hydrogens (primary N) is 1. The van der Waals surface area contributed by atoms with Crippen molar-refractivity contribution in [2.24, 2.45) is 0 Å². The Morgan fingerprint density at radius 1 is 1.67 bits per heavy atom. The van der Waals surface area contributed by atoms with Crippen LogP contribution in [0.4, 0.5) is 5.82 Å². The maximum absolute atomic E-state index is 10.1. The van der Waals surface area contributed by atoms with E-state index in [1.54, 1.807) is 6.20 Å². The SMILES string of the molecule is Cc1cnc(N)c(C(O)C2CCCN2)c1. The maximum Gasteiger partial charge on any atom is 0.129 e. The number of anilines is 1. The third kappa shape index (κ3) is 2.11. The van der Waals surface area contributed by atoms with Gasteiger partial charge in [-0.15, -0.1) is 0 Å². The molecule has 1 aromatic rings. The lowest BCUT2D eigenvalue weighted by Crippen LogP contribution is -2.29. The summed E-state index contributed by atoms with van der Waals surface area (Å²) in [6.07, 6.45) is 3.28. The van der Waals surface area contributed by atoms with Crippen molar-refractivity contribution in [1.82, 2.24) is 10.3 Å². The second kappa shape index (κ2) is 4.16. The van der Waals surface area contributed by atoms with Crippen LogP contribution in [0.5, 0.6) is 0 Å². The molecule has 1 aromatic heterocycles. The average molecular weight is 207 g/mol. The van der Waals surface area contributed by atoms with Crippen molar-refractivity contribution < 1.29 is 5.11 Å². The predicted molar refractivity (Wildman–Crippen MR) is 59.4 cm³/mol. The highest BCUT2D eigenvalue weighted by Gasteiger charge is 2.25. The van der Waals surface area contributed by atoms with Gasteiger partial charge in [0.15, 0.2) is 0 Å². The molecule has 4 N–H and O–H groups in total. The van der Waals surface area contributed by atoms with E-state index in [-0.39, 0.29) is 6.04 Å². The number of aromatic nitrogens is 1. The Hall–Kier alpha value is -1.13. The topological polar surface area (TPSA) is 71.2 Å². The Kier molecular flexibility index (Phi) is 2.88. The molecule has 2 rings (SSSR count). The molecule has 15 heavy (non-hydrogen) atoms. The smallest absolute Gasteiger partial charge is 0.129 e. The lowest BCUT2D eigenvalue weighted by molar-refractivity contribution is 0.138. The van der Waals surface area contributed by atoms with Gasteiger partial charge in [0.25, 0.3) is 0 Å². The quantitative estimate of drug-likeness (QED) is 0.669. The van der Waals surface area contributed by atoms with Gasteiger partial charge >= 0.3 is 0 Å². The van der Waals surface area contributed by atoms with Gasteiger partial charge in [-0.2, -0.15) is 0 Å². The van der Waals surface area contributed by atoms with Crippen molar-refractivity contribution in [1.29, 1.82) is 0 Å². The summed E-state index contributed by atoms with van der Waals surface area (Å²) in [5.74, 6) is 0.432. The van der Waals surface area contributed by atoms with Crippen LogP contribution in [-0.2, 0) is 0 Å². The first kappa shape index (κ1) is 10.4. The predicted octanol–water partition coefficient (Wildman–Crippen LogP) is 0.758. The van der Waals surface area contributed by atoms with Crippen LogP contribution in [0.25, 0.3) is 0 Å². The van der Waals surface area contributed by atoms with Crippen LogP contribution in [0.1, 0.15) is 30.1 Å². The van der Waals surface area contributed by atoms with Crippen LogP contribution in [0.15, 0.2) is 12.3 Å². The van der Waals surface area contributed by atoms with Gasteiger partial charge in [-0.05, 0) is 37.9 Å². The van der Waals surface area contributed by atoms with Gasteiger partial charge in [-0.25, -0.2) is 4.98 Å². The summed E-state index contributed by atoms with van der Waals surface area (Å²) in [7, 11) is 0. The number of rotatable bonds is 2. The zero-order chi connectivity index (χ0) is 10.8. The fraction of sp³-hybridized carbons (Fsp3) is 0.545. The van der Waals surface area contributed by atoms with Crippen molar-refractivity contribution >= 4 is 5.82 Å². The molecule has 1 saturated heterocycles. The number of aliphatic hydroxyl groups is 1. The first-order chi connectivity index (χ1) is 7.18. The average Bonchev–Trinajstić information content (AvgIpc) is 2.74. The van der Waals surface area contributed by atoms with E-state index < -0.39 is 6.10 Å². The van der Waals surface area contributed by atoms with Gasteiger partial charge in [0.1, 0.15) is 5.82 Å². The lowest BCUT2D eigenvalue weighted by Gasteiger charge is -2.19. The van der Waals surface area contributed by atoms with Gasteiger partial charge in [-0.1, -0.05) is 0 Å². The van der Waals surface area contributed by atoms with Crippen LogP contribution >= 0.6 is 0 Å². The van der Waals surface area contributed by atoms with E-state index in [0.29, 0.717) is 5.82 Å². The minimum absolute atomic E-state index is 0.121. The second-order valence-electron chi connectivity index (χ2n) is 4.13. The Labute approximate surface area is 89.5 Å². The normalized spacial score (nSPS) is 22.9. The van der Waals surface area contributed by atoms with Crippen molar-refractivity contribution in [3.05, 3.63) is 23.4 Å². The second-order valence-corrected chi connectivity index (χ2v) is 4.13. The summed E-state index contributed by atoms with van der Waals surface area (Å²) in [5.41, 5.74) is 7.53. The Morgan fingerprint density at radius 2 is 2.47 bits per heavy atom. The van der Waals surface area contributed by atoms with E-state index in [4.69, 9.17) is 5.73 Å². The van der Waals surface area contributed by atoms with Crippen molar-refractivity contribution in [2.75, 3.05) is 12.3 Å². The summed E-state index contributed by atoms with van der Waals surface area (Å²) in [6.45, 7) is 2.92. The first-order valence-corrected chi connectivity index (χ1v) is 5.32. The summed E-state index contributed by atoms with van der Waals surface area (Å²) < 4.78 is 0. The van der Waals surface area contributed by atoms with Gasteiger partial charge in [0.05, 0.1) is 6.10 Å². The van der Waals surface area contributed by atoms with Crippen molar-refractivity contribution in [2.45, 2.75) is 31.9 Å². The highest BCUT2D eigenvalue weighted by atomic mass is 16.3. The number of aliphatic hydroxyl groups excluding tert-OH is 1. The van der Waals surface area contributed by atoms with E-state index in [2.05, 4.69) is 10.3 Å². The molecule has 0 spiro atoms. The number of nitrogen functional groups attached to an aromatic ring is 1. The number of nitrogens with one attached hydrogen (secondary N) is 1. The highest BCUT2D eigenvalue weighted by Crippen LogP contribution is 2.26. The van der Waals surface area contributed by atoms with Gasteiger partial charge in [0, 0.05) is 17.8 Å². The molecule has 2 unspecified atom stereocenters. The molecule has 1 aliphatic rings. The molecule has 4 nitrogen and oxygen atoms in total. The van der Waals surface area contributed by atoms with E-state index in [9.17, 15) is 5.11 Å². The monoisotopic (exact) mass is 207 g/mol. The number of pyridine rings is 1. The molecule has 0 amide bonds. The molecule has 0 aromatic carbocycles. The largest absolute Gasteiger partial charge is 0.387 e. The molecule has 1 fully saturated rings. The summed E-state index contributed by atoms with van der Waals surface area (Å²) in [5, 5.41) is 13.4. The van der Waals surface area contributed by atoms with Crippen molar-refractivity contribution in [3.8, 4) is 0 Å². The molecule has 1 aliphatic heterocycles. The third-order valence-electron chi connectivity index (χ3n) is 2.88. The first-order valence-electron chi connectivity index (χ1n) is 5.32. The number of hydrogen-bond donors (Lipinski definition) is 3. The van der Waals surface area contributed by atoms with Crippen LogP contribution < -0.4 is 11.1 Å². The minimum atomic E-state index is -0.542. The number of aryl methyl sites for hydroxylation is 1. The Bertz CT molecular complexity index is 348. The standard InChI is InChI=1S/C11H17N3O/c1-7-5-8(11(12)14-6-7)10(15)9-3-2-4-13-9/h5-6,9-10,13,15H,2-4H2,1H3,(H2,12,14). The zero-order valence-corrected chi connectivity index (χ0v) is 8.90. The molecule has 2 atom stereocenters. The van der Waals surface area contributed by atoms with E-state index in [1.165, 1.54) is 0 Å². The van der Waals surface area contributed by atoms with Gasteiger partial charge in [0.2, 0.25) is 0 Å². The van der Waals surface area contributed by atoms with Crippen LogP contribution in [-0.4, -0.2) is 22.7 Å². The van der Waals surface area contributed by atoms with E-state index >= 15 is 0 Å². The van der Waals surface area contributed by atoms with Gasteiger partial charge < -0.3 is 16.2 Å². The molecule has 0 bridgehead atoms.